The van der Waals surface area contributed by atoms with Crippen LogP contribution in [0.2, 0.25) is 0 Å². The van der Waals surface area contributed by atoms with Gasteiger partial charge in [-0.25, -0.2) is 0 Å². The van der Waals surface area contributed by atoms with Gasteiger partial charge in [0.05, 0.1) is 0 Å². The van der Waals surface area contributed by atoms with Gasteiger partial charge in [0.1, 0.15) is 0 Å². The van der Waals surface area contributed by atoms with Gasteiger partial charge in [0.2, 0.25) is 0 Å². The molecule has 2 aromatic carbocycles. The molecule has 0 heteroatoms. The fourth-order valence-electron chi connectivity index (χ4n) is 2.26. The zero-order valence-corrected chi connectivity index (χ0v) is 11.9. The highest BCUT2D eigenvalue weighted by atomic mass is 14.1. The molecule has 0 nitrogen and oxygen atoms in total. The van der Waals surface area contributed by atoms with Crippen LogP contribution in [0, 0.1) is 6.92 Å². The summed E-state index contributed by atoms with van der Waals surface area (Å²) in [5.74, 6) is 0. The normalized spacial score (nSPS) is 12.1. The van der Waals surface area contributed by atoms with Gasteiger partial charge in [0.15, 0.2) is 0 Å². The second kappa shape index (κ2) is 6.19. The summed E-state index contributed by atoms with van der Waals surface area (Å²) in [5.41, 5.74) is 6.43. The summed E-state index contributed by atoms with van der Waals surface area (Å²) in [6, 6.07) is 17.2. The van der Waals surface area contributed by atoms with E-state index in [0.717, 1.165) is 0 Å². The fourth-order valence-corrected chi connectivity index (χ4v) is 2.26. The van der Waals surface area contributed by atoms with Crippen LogP contribution in [0.3, 0.4) is 0 Å². The third-order valence-electron chi connectivity index (χ3n) is 3.31. The Balaban J connectivity index is 2.52. The van der Waals surface area contributed by atoms with Crippen molar-refractivity contribution < 1.29 is 0 Å². The van der Waals surface area contributed by atoms with Crippen molar-refractivity contribution in [3.05, 3.63) is 77.9 Å². The molecule has 0 spiro atoms. The molecule has 0 aliphatic heterocycles. The van der Waals surface area contributed by atoms with Crippen LogP contribution in [0.15, 0.2) is 66.8 Å². The minimum atomic E-state index is 1.26. The third kappa shape index (κ3) is 3.03. The maximum atomic E-state index is 2.28. The maximum absolute atomic E-state index is 2.28. The van der Waals surface area contributed by atoms with Gasteiger partial charge in [0, 0.05) is 0 Å². The summed E-state index contributed by atoms with van der Waals surface area (Å²) in [6.07, 6.45) is 6.41. The first kappa shape index (κ1) is 13.4. The van der Waals surface area contributed by atoms with Crippen molar-refractivity contribution >= 4 is 5.57 Å². The molecule has 96 valence electrons. The summed E-state index contributed by atoms with van der Waals surface area (Å²) >= 11 is 0. The number of hydrogen-bond donors (Lipinski definition) is 0. The number of allylic oxidation sites excluding steroid dienone is 4. The minimum absolute atomic E-state index is 1.26. The van der Waals surface area contributed by atoms with E-state index < -0.39 is 0 Å². The van der Waals surface area contributed by atoms with Crippen LogP contribution in [-0.4, -0.2) is 0 Å². The monoisotopic (exact) mass is 248 g/mol. The van der Waals surface area contributed by atoms with E-state index in [1.54, 1.807) is 0 Å². The SMILES string of the molecule is C/C=C\C(=C/C)c1cc(-c2ccccc2)ccc1C. The second-order valence-electron chi connectivity index (χ2n) is 4.64. The fraction of sp³-hybridized carbons (Fsp3) is 0.158. The zero-order valence-electron chi connectivity index (χ0n) is 11.9. The molecule has 0 radical (unpaired) electrons. The van der Waals surface area contributed by atoms with Gasteiger partial charge in [-0.05, 0) is 54.7 Å². The Morgan fingerprint density at radius 1 is 0.895 bits per heavy atom. The number of aryl methyl sites for hydroxylation is 1. The predicted octanol–water partition coefficient (Wildman–Crippen LogP) is 5.64. The van der Waals surface area contributed by atoms with Crippen LogP contribution in [0.5, 0.6) is 0 Å². The number of benzene rings is 2. The molecule has 0 aliphatic carbocycles. The summed E-state index contributed by atoms with van der Waals surface area (Å²) in [4.78, 5) is 0. The van der Waals surface area contributed by atoms with Crippen LogP contribution in [-0.2, 0) is 0 Å². The number of hydrogen-bond acceptors (Lipinski definition) is 0. The average Bonchev–Trinajstić information content (AvgIpc) is 2.46. The molecule has 0 amide bonds. The van der Waals surface area contributed by atoms with Crippen LogP contribution in [0.25, 0.3) is 16.7 Å². The van der Waals surface area contributed by atoms with Gasteiger partial charge in [-0.1, -0.05) is 60.7 Å². The molecule has 0 atom stereocenters. The first-order chi connectivity index (χ1) is 9.26. The van der Waals surface area contributed by atoms with Crippen molar-refractivity contribution in [2.75, 3.05) is 0 Å². The molecular weight excluding hydrogens is 228 g/mol. The van der Waals surface area contributed by atoms with Gasteiger partial charge in [-0.3, -0.25) is 0 Å². The number of rotatable bonds is 3. The van der Waals surface area contributed by atoms with E-state index in [-0.39, 0.29) is 0 Å². The van der Waals surface area contributed by atoms with Crippen molar-refractivity contribution in [1.29, 1.82) is 0 Å². The van der Waals surface area contributed by atoms with Gasteiger partial charge in [-0.2, -0.15) is 0 Å². The van der Waals surface area contributed by atoms with E-state index in [2.05, 4.69) is 87.5 Å². The van der Waals surface area contributed by atoms with Crippen LogP contribution in [0.4, 0.5) is 0 Å². The molecule has 0 N–H and O–H groups in total. The van der Waals surface area contributed by atoms with Crippen molar-refractivity contribution in [2.45, 2.75) is 20.8 Å². The molecule has 0 heterocycles. The van der Waals surface area contributed by atoms with E-state index in [0.29, 0.717) is 0 Å². The summed E-state index contributed by atoms with van der Waals surface area (Å²) in [5, 5.41) is 0. The van der Waals surface area contributed by atoms with Crippen LogP contribution in [0.1, 0.15) is 25.0 Å². The second-order valence-corrected chi connectivity index (χ2v) is 4.64. The molecule has 0 bridgehead atoms. The van der Waals surface area contributed by atoms with Gasteiger partial charge >= 0.3 is 0 Å². The summed E-state index contributed by atoms with van der Waals surface area (Å²) in [7, 11) is 0. The lowest BCUT2D eigenvalue weighted by Gasteiger charge is -2.10. The van der Waals surface area contributed by atoms with E-state index in [9.17, 15) is 0 Å². The summed E-state index contributed by atoms with van der Waals surface area (Å²) < 4.78 is 0. The van der Waals surface area contributed by atoms with Crippen molar-refractivity contribution in [2.24, 2.45) is 0 Å². The molecule has 0 aromatic heterocycles. The van der Waals surface area contributed by atoms with Gasteiger partial charge < -0.3 is 0 Å². The molecule has 0 aliphatic rings. The largest absolute Gasteiger partial charge is 0.0871 e. The average molecular weight is 248 g/mol. The van der Waals surface area contributed by atoms with Crippen molar-refractivity contribution in [3.63, 3.8) is 0 Å². The summed E-state index contributed by atoms with van der Waals surface area (Å²) in [6.45, 7) is 6.31. The zero-order chi connectivity index (χ0) is 13.7. The Kier molecular flexibility index (Phi) is 4.35. The first-order valence-corrected chi connectivity index (χ1v) is 6.71. The third-order valence-corrected chi connectivity index (χ3v) is 3.31. The Morgan fingerprint density at radius 3 is 2.26 bits per heavy atom. The van der Waals surface area contributed by atoms with E-state index >= 15 is 0 Å². The smallest absolute Gasteiger partial charge is 0.0152 e. The molecular formula is C19H20. The minimum Gasteiger partial charge on any atom is -0.0871 e. The Hall–Kier alpha value is -2.08. The highest BCUT2D eigenvalue weighted by molar-refractivity contribution is 5.79. The van der Waals surface area contributed by atoms with Crippen LogP contribution >= 0.6 is 0 Å². The van der Waals surface area contributed by atoms with Crippen molar-refractivity contribution in [1.82, 2.24) is 0 Å². The predicted molar refractivity (Wildman–Crippen MR) is 85.1 cm³/mol. The molecule has 19 heavy (non-hydrogen) atoms. The first-order valence-electron chi connectivity index (χ1n) is 6.71. The Bertz CT molecular complexity index is 601. The molecule has 0 saturated heterocycles. The molecule has 0 fully saturated rings. The lowest BCUT2D eigenvalue weighted by molar-refractivity contribution is 1.42. The maximum Gasteiger partial charge on any atom is -0.0152 e. The molecule has 0 unspecified atom stereocenters. The molecule has 2 aromatic rings. The Morgan fingerprint density at radius 2 is 1.63 bits per heavy atom. The van der Waals surface area contributed by atoms with Gasteiger partial charge in [0.25, 0.3) is 0 Å². The molecule has 0 saturated carbocycles. The molecule has 2 rings (SSSR count). The van der Waals surface area contributed by atoms with Crippen molar-refractivity contribution in [3.8, 4) is 11.1 Å². The Labute approximate surface area is 116 Å². The van der Waals surface area contributed by atoms with Crippen LogP contribution < -0.4 is 0 Å². The highest BCUT2D eigenvalue weighted by Gasteiger charge is 2.04. The standard InChI is InChI=1S/C19H20/c1-4-9-16(5-2)19-14-18(13-12-15(19)3)17-10-7-6-8-11-17/h4-14H,1-3H3/b9-4-,16-5+. The van der Waals surface area contributed by atoms with E-state index in [4.69, 9.17) is 0 Å². The topological polar surface area (TPSA) is 0 Å². The van der Waals surface area contributed by atoms with E-state index in [1.807, 2.05) is 0 Å². The quantitative estimate of drug-likeness (QED) is 0.616. The highest BCUT2D eigenvalue weighted by Crippen LogP contribution is 2.27. The van der Waals surface area contributed by atoms with E-state index in [1.165, 1.54) is 27.8 Å². The lowest BCUT2D eigenvalue weighted by atomic mass is 9.95. The lowest BCUT2D eigenvalue weighted by Crippen LogP contribution is -1.88. The van der Waals surface area contributed by atoms with Gasteiger partial charge in [-0.15, -0.1) is 0 Å².